The Hall–Kier alpha value is -2.17. The zero-order valence-electron chi connectivity index (χ0n) is 14.0. The number of carbonyl (C=O) groups is 1. The summed E-state index contributed by atoms with van der Waals surface area (Å²) in [5.74, 6) is 0.660. The second-order valence-corrected chi connectivity index (χ2v) is 6.98. The lowest BCUT2D eigenvalue weighted by Gasteiger charge is -2.27. The van der Waals surface area contributed by atoms with Gasteiger partial charge in [0.2, 0.25) is 5.91 Å². The minimum atomic E-state index is -0.0165. The van der Waals surface area contributed by atoms with Crippen LogP contribution in [0, 0.1) is 0 Å². The molecule has 0 aliphatic heterocycles. The average molecular weight is 324 g/mol. The zero-order valence-corrected chi connectivity index (χ0v) is 14.0. The Morgan fingerprint density at radius 2 is 2.00 bits per heavy atom. The Morgan fingerprint density at radius 1 is 1.17 bits per heavy atom. The fourth-order valence-corrected chi connectivity index (χ4v) is 3.65. The number of rotatable bonds is 4. The van der Waals surface area contributed by atoms with Gasteiger partial charge in [0.25, 0.3) is 0 Å². The minimum Gasteiger partial charge on any atom is -0.310 e. The maximum Gasteiger partial charge on any atom is 0.231 e. The van der Waals surface area contributed by atoms with Gasteiger partial charge in [0, 0.05) is 18.1 Å². The van der Waals surface area contributed by atoms with Crippen molar-refractivity contribution < 1.29 is 4.79 Å². The molecule has 1 saturated carbocycles. The third kappa shape index (κ3) is 3.21. The van der Waals surface area contributed by atoms with Gasteiger partial charge in [-0.15, -0.1) is 0 Å². The first kappa shape index (κ1) is 15.4. The fraction of sp³-hybridized carbons (Fsp3) is 0.526. The van der Waals surface area contributed by atoms with Gasteiger partial charge in [0.15, 0.2) is 0 Å². The SMILES string of the molecule is O=C(Cc1ccnn1C1CCC1)Nc1cc2c(cn1)CCCCC2. The molecule has 2 aromatic rings. The molecule has 5 nitrogen and oxygen atoms in total. The van der Waals surface area contributed by atoms with Crippen molar-refractivity contribution in [2.24, 2.45) is 0 Å². The molecule has 0 aromatic carbocycles. The molecule has 126 valence electrons. The van der Waals surface area contributed by atoms with Crippen LogP contribution < -0.4 is 5.32 Å². The molecule has 0 unspecified atom stereocenters. The highest BCUT2D eigenvalue weighted by Crippen LogP contribution is 2.31. The summed E-state index contributed by atoms with van der Waals surface area (Å²) in [6.45, 7) is 0. The highest BCUT2D eigenvalue weighted by molar-refractivity contribution is 5.91. The number of carbonyl (C=O) groups excluding carboxylic acids is 1. The molecule has 2 aliphatic rings. The predicted molar refractivity (Wildman–Crippen MR) is 92.9 cm³/mol. The van der Waals surface area contributed by atoms with Crippen LogP contribution in [0.1, 0.15) is 61.4 Å². The molecule has 2 aliphatic carbocycles. The maximum atomic E-state index is 12.4. The molecule has 5 heteroatoms. The number of nitrogens with one attached hydrogen (secondary N) is 1. The zero-order chi connectivity index (χ0) is 16.4. The molecule has 0 atom stereocenters. The van der Waals surface area contributed by atoms with Gasteiger partial charge in [-0.05, 0) is 68.2 Å². The van der Waals surface area contributed by atoms with Crippen molar-refractivity contribution in [3.8, 4) is 0 Å². The first-order valence-electron chi connectivity index (χ1n) is 9.09. The summed E-state index contributed by atoms with van der Waals surface area (Å²) in [4.78, 5) is 16.8. The van der Waals surface area contributed by atoms with Crippen LogP contribution in [-0.4, -0.2) is 20.7 Å². The summed E-state index contributed by atoms with van der Waals surface area (Å²) in [6, 6.07) is 4.48. The molecule has 1 amide bonds. The highest BCUT2D eigenvalue weighted by atomic mass is 16.1. The van der Waals surface area contributed by atoms with E-state index in [1.807, 2.05) is 16.9 Å². The normalized spacial score (nSPS) is 17.7. The van der Waals surface area contributed by atoms with Crippen molar-refractivity contribution in [1.29, 1.82) is 0 Å². The topological polar surface area (TPSA) is 59.8 Å². The molecule has 1 N–H and O–H groups in total. The molecule has 0 bridgehead atoms. The van der Waals surface area contributed by atoms with Crippen molar-refractivity contribution in [3.63, 3.8) is 0 Å². The van der Waals surface area contributed by atoms with E-state index in [1.165, 1.54) is 49.7 Å². The molecular formula is C19H24N4O. The first-order chi connectivity index (χ1) is 11.8. The van der Waals surface area contributed by atoms with E-state index in [1.54, 1.807) is 6.20 Å². The van der Waals surface area contributed by atoms with Crippen molar-refractivity contribution in [3.05, 3.63) is 41.3 Å². The second-order valence-electron chi connectivity index (χ2n) is 6.98. The lowest BCUT2D eigenvalue weighted by Crippen LogP contribution is -2.23. The van der Waals surface area contributed by atoms with Crippen LogP contribution in [0.4, 0.5) is 5.82 Å². The third-order valence-electron chi connectivity index (χ3n) is 5.26. The quantitative estimate of drug-likeness (QED) is 0.876. The van der Waals surface area contributed by atoms with Crippen molar-refractivity contribution in [2.75, 3.05) is 5.32 Å². The van der Waals surface area contributed by atoms with Crippen LogP contribution in [0.3, 0.4) is 0 Å². The molecule has 4 rings (SSSR count). The number of hydrogen-bond acceptors (Lipinski definition) is 3. The number of aromatic nitrogens is 3. The van der Waals surface area contributed by atoms with Crippen LogP contribution in [0.2, 0.25) is 0 Å². The molecular weight excluding hydrogens is 300 g/mol. The Kier molecular flexibility index (Phi) is 4.32. The Bertz CT molecular complexity index is 733. The summed E-state index contributed by atoms with van der Waals surface area (Å²) in [6.07, 6.45) is 13.6. The Balaban J connectivity index is 1.43. The summed E-state index contributed by atoms with van der Waals surface area (Å²) in [5, 5.41) is 7.35. The molecule has 24 heavy (non-hydrogen) atoms. The van der Waals surface area contributed by atoms with Crippen molar-refractivity contribution in [1.82, 2.24) is 14.8 Å². The Morgan fingerprint density at radius 3 is 2.79 bits per heavy atom. The second kappa shape index (κ2) is 6.75. The van der Waals surface area contributed by atoms with E-state index in [4.69, 9.17) is 0 Å². The van der Waals surface area contributed by atoms with Crippen LogP contribution in [-0.2, 0) is 24.1 Å². The van der Waals surface area contributed by atoms with E-state index in [-0.39, 0.29) is 5.91 Å². The van der Waals surface area contributed by atoms with E-state index >= 15 is 0 Å². The molecule has 0 spiro atoms. The van der Waals surface area contributed by atoms with Gasteiger partial charge in [-0.25, -0.2) is 4.98 Å². The monoisotopic (exact) mass is 324 g/mol. The van der Waals surface area contributed by atoms with Gasteiger partial charge in [-0.2, -0.15) is 5.10 Å². The molecule has 0 radical (unpaired) electrons. The summed E-state index contributed by atoms with van der Waals surface area (Å²) in [7, 11) is 0. The summed E-state index contributed by atoms with van der Waals surface area (Å²) in [5.41, 5.74) is 3.68. The standard InChI is InChI=1S/C19H24N4O/c24-19(12-17-9-10-21-23(17)16-7-4-8-16)22-18-11-14-5-2-1-3-6-15(14)13-20-18/h9-11,13,16H,1-8,12H2,(H,20,22,24). The van der Waals surface area contributed by atoms with Gasteiger partial charge in [0.1, 0.15) is 5.82 Å². The molecule has 2 aromatic heterocycles. The minimum absolute atomic E-state index is 0.0165. The van der Waals surface area contributed by atoms with Crippen LogP contribution in [0.5, 0.6) is 0 Å². The summed E-state index contributed by atoms with van der Waals surface area (Å²) < 4.78 is 2.02. The molecule has 0 saturated heterocycles. The van der Waals surface area contributed by atoms with Gasteiger partial charge in [0.05, 0.1) is 12.5 Å². The van der Waals surface area contributed by atoms with E-state index in [0.717, 1.165) is 18.5 Å². The smallest absolute Gasteiger partial charge is 0.231 e. The van der Waals surface area contributed by atoms with Gasteiger partial charge >= 0.3 is 0 Å². The lowest BCUT2D eigenvalue weighted by atomic mass is 9.93. The largest absolute Gasteiger partial charge is 0.310 e. The number of fused-ring (bicyclic) bond motifs is 1. The van der Waals surface area contributed by atoms with Gasteiger partial charge in [-0.3, -0.25) is 9.48 Å². The summed E-state index contributed by atoms with van der Waals surface area (Å²) >= 11 is 0. The fourth-order valence-electron chi connectivity index (χ4n) is 3.65. The van der Waals surface area contributed by atoms with Gasteiger partial charge < -0.3 is 5.32 Å². The predicted octanol–water partition coefficient (Wildman–Crippen LogP) is 3.45. The first-order valence-corrected chi connectivity index (χ1v) is 9.09. The van der Waals surface area contributed by atoms with E-state index in [2.05, 4.69) is 21.5 Å². The van der Waals surface area contributed by atoms with E-state index in [0.29, 0.717) is 18.3 Å². The lowest BCUT2D eigenvalue weighted by molar-refractivity contribution is -0.115. The van der Waals surface area contributed by atoms with Crippen LogP contribution >= 0.6 is 0 Å². The number of hydrogen-bond donors (Lipinski definition) is 1. The third-order valence-corrected chi connectivity index (χ3v) is 5.26. The Labute approximate surface area is 142 Å². The average Bonchev–Trinajstić information content (AvgIpc) is 2.81. The highest BCUT2D eigenvalue weighted by Gasteiger charge is 2.23. The number of amides is 1. The molecule has 2 heterocycles. The number of anilines is 1. The maximum absolute atomic E-state index is 12.4. The molecule has 1 fully saturated rings. The number of nitrogens with zero attached hydrogens (tertiary/aromatic N) is 3. The van der Waals surface area contributed by atoms with Gasteiger partial charge in [-0.1, -0.05) is 6.42 Å². The van der Waals surface area contributed by atoms with Crippen LogP contribution in [0.15, 0.2) is 24.5 Å². The van der Waals surface area contributed by atoms with E-state index in [9.17, 15) is 4.79 Å². The number of pyridine rings is 1. The van der Waals surface area contributed by atoms with Crippen molar-refractivity contribution >= 4 is 11.7 Å². The van der Waals surface area contributed by atoms with Crippen molar-refractivity contribution in [2.45, 2.75) is 63.8 Å². The van der Waals surface area contributed by atoms with E-state index < -0.39 is 0 Å². The number of aryl methyl sites for hydroxylation is 2. The van der Waals surface area contributed by atoms with Crippen LogP contribution in [0.25, 0.3) is 0 Å².